The number of amides is 1. The van der Waals surface area contributed by atoms with Gasteiger partial charge in [-0.25, -0.2) is 4.98 Å². The van der Waals surface area contributed by atoms with E-state index in [1.807, 2.05) is 17.5 Å². The van der Waals surface area contributed by atoms with Gasteiger partial charge in [-0.05, 0) is 49.7 Å². The molecule has 1 N–H and O–H groups in total. The van der Waals surface area contributed by atoms with Gasteiger partial charge in [-0.1, -0.05) is 18.0 Å². The van der Waals surface area contributed by atoms with Crippen LogP contribution < -0.4 is 10.1 Å². The van der Waals surface area contributed by atoms with E-state index in [0.717, 1.165) is 36.6 Å². The second-order valence-corrected chi connectivity index (χ2v) is 7.83. The Bertz CT molecular complexity index is 773. The fourth-order valence-corrected chi connectivity index (χ4v) is 4.23. The summed E-state index contributed by atoms with van der Waals surface area (Å²) in [4.78, 5) is 19.4. The molecular weight excluding hydrogens is 358 g/mol. The summed E-state index contributed by atoms with van der Waals surface area (Å²) in [5.74, 6) is 0.570. The third-order valence-electron chi connectivity index (χ3n) is 4.61. The zero-order valence-corrected chi connectivity index (χ0v) is 15.4. The van der Waals surface area contributed by atoms with Crippen LogP contribution in [0.3, 0.4) is 0 Å². The van der Waals surface area contributed by atoms with Crippen molar-refractivity contribution in [3.05, 3.63) is 39.9 Å². The summed E-state index contributed by atoms with van der Waals surface area (Å²) in [6, 6.07) is 5.43. The Hall–Kier alpha value is -1.63. The summed E-state index contributed by atoms with van der Waals surface area (Å²) in [5, 5.41) is 6.20. The molecule has 2 aliphatic heterocycles. The number of ether oxygens (including phenoxy) is 1. The largest absolute Gasteiger partial charge is 0.480 e. The number of piperidine rings is 1. The first kappa shape index (κ1) is 16.8. The van der Waals surface area contributed by atoms with Crippen LogP contribution in [0.25, 0.3) is 0 Å². The molecule has 0 radical (unpaired) electrons. The Labute approximate surface area is 156 Å². The van der Waals surface area contributed by atoms with Crippen molar-refractivity contribution in [1.82, 2.24) is 9.88 Å². The number of carbonyl (C=O) groups excluding carboxylic acids is 1. The van der Waals surface area contributed by atoms with Gasteiger partial charge >= 0.3 is 0 Å². The normalized spacial score (nSPS) is 20.1. The number of thiazole rings is 1. The molecule has 1 aromatic heterocycles. The standard InChI is InChI=1S/C18H20ClN3O2S/c19-13-4-5-15-12(8-13)9-16(24-15)17(23)21-18-20-14(11-25-18)10-22-6-2-1-3-7-22/h4-5,8,11,16H,1-3,6-7,9-10H2,(H,20,21,23)/t16-/m0/s1. The highest BCUT2D eigenvalue weighted by atomic mass is 35.5. The van der Waals surface area contributed by atoms with E-state index >= 15 is 0 Å². The molecule has 0 bridgehead atoms. The number of benzene rings is 1. The molecular formula is C18H20ClN3O2S. The van der Waals surface area contributed by atoms with Crippen molar-refractivity contribution in [2.75, 3.05) is 18.4 Å². The van der Waals surface area contributed by atoms with Gasteiger partial charge < -0.3 is 4.74 Å². The topological polar surface area (TPSA) is 54.5 Å². The van der Waals surface area contributed by atoms with Crippen LogP contribution in [0, 0.1) is 0 Å². The molecule has 0 unspecified atom stereocenters. The molecule has 0 spiro atoms. The maximum Gasteiger partial charge on any atom is 0.267 e. The van der Waals surface area contributed by atoms with Gasteiger partial charge in [-0.3, -0.25) is 15.0 Å². The van der Waals surface area contributed by atoms with Crippen molar-refractivity contribution in [1.29, 1.82) is 0 Å². The Morgan fingerprint density at radius 1 is 1.36 bits per heavy atom. The zero-order chi connectivity index (χ0) is 17.2. The van der Waals surface area contributed by atoms with Crippen LogP contribution in [-0.2, 0) is 17.8 Å². The molecule has 1 amide bonds. The minimum atomic E-state index is -0.525. The molecule has 7 heteroatoms. The van der Waals surface area contributed by atoms with Crippen LogP contribution in [0.2, 0.25) is 5.02 Å². The van der Waals surface area contributed by atoms with Gasteiger partial charge in [0, 0.05) is 23.4 Å². The second kappa shape index (κ2) is 7.32. The van der Waals surface area contributed by atoms with Crippen molar-refractivity contribution in [2.45, 2.75) is 38.3 Å². The number of likely N-dealkylation sites (tertiary alicyclic amines) is 1. The van der Waals surface area contributed by atoms with Crippen LogP contribution in [0.5, 0.6) is 5.75 Å². The Balaban J connectivity index is 1.34. The quantitative estimate of drug-likeness (QED) is 0.882. The Morgan fingerprint density at radius 3 is 3.04 bits per heavy atom. The lowest BCUT2D eigenvalue weighted by Crippen LogP contribution is -2.31. The molecule has 2 aliphatic rings. The minimum Gasteiger partial charge on any atom is -0.480 e. The van der Waals surface area contributed by atoms with Gasteiger partial charge in [0.25, 0.3) is 5.91 Å². The first-order valence-corrected chi connectivity index (χ1v) is 9.86. The summed E-state index contributed by atoms with van der Waals surface area (Å²) < 4.78 is 5.72. The van der Waals surface area contributed by atoms with E-state index in [9.17, 15) is 4.79 Å². The number of carbonyl (C=O) groups is 1. The predicted octanol–water partition coefficient (Wildman–Crippen LogP) is 3.72. The molecule has 0 aliphatic carbocycles. The molecule has 2 aromatic rings. The molecule has 1 saturated heterocycles. The molecule has 25 heavy (non-hydrogen) atoms. The van der Waals surface area contributed by atoms with Crippen LogP contribution in [0.15, 0.2) is 23.6 Å². The fraction of sp³-hybridized carbons (Fsp3) is 0.444. The SMILES string of the molecule is O=C(Nc1nc(CN2CCCCC2)cs1)[C@@H]1Cc2cc(Cl)ccc2O1. The molecule has 3 heterocycles. The molecule has 1 atom stereocenters. The third-order valence-corrected chi connectivity index (χ3v) is 5.65. The number of nitrogens with zero attached hydrogens (tertiary/aromatic N) is 2. The van der Waals surface area contributed by atoms with Gasteiger partial charge in [0.05, 0.1) is 5.69 Å². The lowest BCUT2D eigenvalue weighted by Gasteiger charge is -2.25. The van der Waals surface area contributed by atoms with Crippen molar-refractivity contribution < 1.29 is 9.53 Å². The van der Waals surface area contributed by atoms with Gasteiger partial charge in [0.1, 0.15) is 5.75 Å². The number of nitrogens with one attached hydrogen (secondary N) is 1. The van der Waals surface area contributed by atoms with Crippen LogP contribution in [0.4, 0.5) is 5.13 Å². The average molecular weight is 378 g/mol. The molecule has 5 nitrogen and oxygen atoms in total. The number of rotatable bonds is 4. The van der Waals surface area contributed by atoms with Gasteiger partial charge in [0.15, 0.2) is 11.2 Å². The van der Waals surface area contributed by atoms with Crippen molar-refractivity contribution in [3.8, 4) is 5.75 Å². The number of hydrogen-bond donors (Lipinski definition) is 1. The number of hydrogen-bond acceptors (Lipinski definition) is 5. The van der Waals surface area contributed by atoms with Crippen LogP contribution >= 0.6 is 22.9 Å². The first-order chi connectivity index (χ1) is 12.2. The summed E-state index contributed by atoms with van der Waals surface area (Å²) >= 11 is 7.46. The van der Waals surface area contributed by atoms with Crippen molar-refractivity contribution in [3.63, 3.8) is 0 Å². The summed E-state index contributed by atoms with van der Waals surface area (Å²) in [5.41, 5.74) is 1.99. The Morgan fingerprint density at radius 2 is 2.20 bits per heavy atom. The maximum atomic E-state index is 12.5. The predicted molar refractivity (Wildman–Crippen MR) is 99.4 cm³/mol. The zero-order valence-electron chi connectivity index (χ0n) is 13.8. The number of fused-ring (bicyclic) bond motifs is 1. The van der Waals surface area contributed by atoms with E-state index in [0.29, 0.717) is 16.6 Å². The third kappa shape index (κ3) is 3.97. The number of halogens is 1. The first-order valence-electron chi connectivity index (χ1n) is 8.60. The maximum absolute atomic E-state index is 12.5. The summed E-state index contributed by atoms with van der Waals surface area (Å²) in [6.45, 7) is 3.13. The molecule has 132 valence electrons. The van der Waals surface area contributed by atoms with Crippen LogP contribution in [-0.4, -0.2) is 35.0 Å². The van der Waals surface area contributed by atoms with E-state index in [1.54, 1.807) is 6.07 Å². The van der Waals surface area contributed by atoms with E-state index in [-0.39, 0.29) is 5.91 Å². The van der Waals surface area contributed by atoms with Gasteiger partial charge in [-0.15, -0.1) is 11.3 Å². The van der Waals surface area contributed by atoms with E-state index in [1.165, 1.54) is 30.6 Å². The number of anilines is 1. The fourth-order valence-electron chi connectivity index (χ4n) is 3.33. The lowest BCUT2D eigenvalue weighted by molar-refractivity contribution is -0.122. The monoisotopic (exact) mass is 377 g/mol. The molecule has 1 aromatic carbocycles. The number of aromatic nitrogens is 1. The highest BCUT2D eigenvalue weighted by molar-refractivity contribution is 7.13. The van der Waals surface area contributed by atoms with E-state index < -0.39 is 6.10 Å². The Kier molecular flexibility index (Phi) is 4.92. The van der Waals surface area contributed by atoms with Gasteiger partial charge in [0.2, 0.25) is 0 Å². The van der Waals surface area contributed by atoms with E-state index in [2.05, 4.69) is 15.2 Å². The average Bonchev–Trinajstić information content (AvgIpc) is 3.22. The van der Waals surface area contributed by atoms with Gasteiger partial charge in [-0.2, -0.15) is 0 Å². The second-order valence-electron chi connectivity index (χ2n) is 6.53. The molecule has 4 rings (SSSR count). The lowest BCUT2D eigenvalue weighted by atomic mass is 10.1. The summed E-state index contributed by atoms with van der Waals surface area (Å²) in [6.07, 6.45) is 3.86. The molecule has 1 fully saturated rings. The minimum absolute atomic E-state index is 0.161. The smallest absolute Gasteiger partial charge is 0.267 e. The van der Waals surface area contributed by atoms with E-state index in [4.69, 9.17) is 16.3 Å². The molecule has 0 saturated carbocycles. The highest BCUT2D eigenvalue weighted by Gasteiger charge is 2.29. The highest BCUT2D eigenvalue weighted by Crippen LogP contribution is 2.31. The van der Waals surface area contributed by atoms with Crippen molar-refractivity contribution >= 4 is 34.0 Å². The van der Waals surface area contributed by atoms with Crippen LogP contribution in [0.1, 0.15) is 30.5 Å². The van der Waals surface area contributed by atoms with Crippen molar-refractivity contribution in [2.24, 2.45) is 0 Å². The summed E-state index contributed by atoms with van der Waals surface area (Å²) in [7, 11) is 0.